The van der Waals surface area contributed by atoms with Crippen LogP contribution in [0.1, 0.15) is 22.7 Å². The standard InChI is InChI=1S/C16H16F3NO/c1-10-3-4-12(9-14(10)17)15(20-2)11-5-7-13(8-6-11)21-16(18)19/h3-9,15-16,20H,1-2H3. The number of hydrogen-bond donors (Lipinski definition) is 1. The van der Waals surface area contributed by atoms with Gasteiger partial charge in [-0.25, -0.2) is 4.39 Å². The minimum atomic E-state index is -2.85. The zero-order valence-electron chi connectivity index (χ0n) is 11.7. The summed E-state index contributed by atoms with van der Waals surface area (Å²) in [6.45, 7) is -1.15. The molecule has 0 fully saturated rings. The maximum atomic E-state index is 13.7. The van der Waals surface area contributed by atoms with E-state index in [9.17, 15) is 13.2 Å². The average Bonchev–Trinajstić information content (AvgIpc) is 2.45. The average molecular weight is 295 g/mol. The lowest BCUT2D eigenvalue weighted by Gasteiger charge is -2.18. The number of benzene rings is 2. The summed E-state index contributed by atoms with van der Waals surface area (Å²) in [5, 5.41) is 3.09. The van der Waals surface area contributed by atoms with Gasteiger partial charge < -0.3 is 10.1 Å². The second kappa shape index (κ2) is 6.63. The third-order valence-corrected chi connectivity index (χ3v) is 3.26. The van der Waals surface area contributed by atoms with Gasteiger partial charge >= 0.3 is 6.61 Å². The maximum Gasteiger partial charge on any atom is 0.387 e. The first-order valence-electron chi connectivity index (χ1n) is 6.49. The van der Waals surface area contributed by atoms with Crippen molar-refractivity contribution in [3.8, 4) is 5.75 Å². The quantitative estimate of drug-likeness (QED) is 0.898. The normalized spacial score (nSPS) is 12.5. The fraction of sp³-hybridized carbons (Fsp3) is 0.250. The van der Waals surface area contributed by atoms with E-state index in [4.69, 9.17) is 0 Å². The summed E-state index contributed by atoms with van der Waals surface area (Å²) in [5.41, 5.74) is 2.18. The van der Waals surface area contributed by atoms with Crippen molar-refractivity contribution >= 4 is 0 Å². The van der Waals surface area contributed by atoms with E-state index in [1.807, 2.05) is 6.07 Å². The molecule has 0 saturated heterocycles. The molecule has 0 spiro atoms. The van der Waals surface area contributed by atoms with Gasteiger partial charge in [0.2, 0.25) is 0 Å². The number of rotatable bonds is 5. The molecule has 1 N–H and O–H groups in total. The van der Waals surface area contributed by atoms with Crippen LogP contribution in [-0.4, -0.2) is 13.7 Å². The molecule has 2 rings (SSSR count). The van der Waals surface area contributed by atoms with Crippen molar-refractivity contribution in [1.82, 2.24) is 5.32 Å². The van der Waals surface area contributed by atoms with Crippen molar-refractivity contribution in [3.05, 3.63) is 65.0 Å². The summed E-state index contributed by atoms with van der Waals surface area (Å²) in [5.74, 6) is -0.177. The molecule has 5 heteroatoms. The number of ether oxygens (including phenoxy) is 1. The number of nitrogens with one attached hydrogen (secondary N) is 1. The van der Waals surface area contributed by atoms with Crippen LogP contribution in [0.5, 0.6) is 5.75 Å². The first kappa shape index (κ1) is 15.4. The maximum absolute atomic E-state index is 13.7. The summed E-state index contributed by atoms with van der Waals surface area (Å²) < 4.78 is 42.2. The third-order valence-electron chi connectivity index (χ3n) is 3.26. The second-order valence-electron chi connectivity index (χ2n) is 4.68. The van der Waals surface area contributed by atoms with E-state index < -0.39 is 6.61 Å². The first-order chi connectivity index (χ1) is 10.0. The summed E-state index contributed by atoms with van der Waals surface area (Å²) in [7, 11) is 1.76. The molecule has 0 heterocycles. The van der Waals surface area contributed by atoms with Gasteiger partial charge in [0.05, 0.1) is 6.04 Å². The molecule has 0 bridgehead atoms. The highest BCUT2D eigenvalue weighted by molar-refractivity contribution is 5.36. The molecule has 2 nitrogen and oxygen atoms in total. The van der Waals surface area contributed by atoms with Crippen LogP contribution >= 0.6 is 0 Å². The molecule has 112 valence electrons. The minimum absolute atomic E-state index is 0.0960. The van der Waals surface area contributed by atoms with Crippen LogP contribution in [-0.2, 0) is 0 Å². The highest BCUT2D eigenvalue weighted by Crippen LogP contribution is 2.25. The molecular weight excluding hydrogens is 279 g/mol. The zero-order valence-corrected chi connectivity index (χ0v) is 11.7. The molecule has 2 aromatic carbocycles. The van der Waals surface area contributed by atoms with Crippen LogP contribution in [0.3, 0.4) is 0 Å². The van der Waals surface area contributed by atoms with E-state index in [1.54, 1.807) is 32.2 Å². The van der Waals surface area contributed by atoms with Crippen molar-refractivity contribution < 1.29 is 17.9 Å². The molecule has 0 amide bonds. The van der Waals surface area contributed by atoms with Gasteiger partial charge in [0.15, 0.2) is 0 Å². The molecule has 0 aliphatic rings. The number of alkyl halides is 2. The van der Waals surface area contributed by atoms with Gasteiger partial charge in [-0.1, -0.05) is 24.3 Å². The van der Waals surface area contributed by atoms with Crippen molar-refractivity contribution in [2.45, 2.75) is 19.6 Å². The van der Waals surface area contributed by atoms with E-state index in [2.05, 4.69) is 10.1 Å². The van der Waals surface area contributed by atoms with E-state index >= 15 is 0 Å². The lowest BCUT2D eigenvalue weighted by Crippen LogP contribution is -2.18. The van der Waals surface area contributed by atoms with Gasteiger partial charge in [-0.2, -0.15) is 8.78 Å². The lowest BCUT2D eigenvalue weighted by molar-refractivity contribution is -0.0498. The van der Waals surface area contributed by atoms with Gasteiger partial charge in [-0.05, 0) is 48.9 Å². The molecule has 0 saturated carbocycles. The van der Waals surface area contributed by atoms with Crippen molar-refractivity contribution in [2.24, 2.45) is 0 Å². The molecule has 1 unspecified atom stereocenters. The largest absolute Gasteiger partial charge is 0.435 e. The van der Waals surface area contributed by atoms with Gasteiger partial charge in [0.1, 0.15) is 11.6 Å². The SMILES string of the molecule is CNC(c1ccc(OC(F)F)cc1)c1ccc(C)c(F)c1. The molecule has 0 aliphatic carbocycles. The molecule has 2 aromatic rings. The van der Waals surface area contributed by atoms with Crippen LogP contribution in [0.15, 0.2) is 42.5 Å². The topological polar surface area (TPSA) is 21.3 Å². The predicted octanol–water partition coefficient (Wildman–Crippen LogP) is 4.04. The van der Waals surface area contributed by atoms with Gasteiger partial charge in [-0.3, -0.25) is 0 Å². The smallest absolute Gasteiger partial charge is 0.387 e. The monoisotopic (exact) mass is 295 g/mol. The fourth-order valence-corrected chi connectivity index (χ4v) is 2.16. The van der Waals surface area contributed by atoms with Crippen LogP contribution in [0.25, 0.3) is 0 Å². The molecule has 1 atom stereocenters. The number of halogens is 3. The zero-order chi connectivity index (χ0) is 15.4. The molecule has 0 radical (unpaired) electrons. The Morgan fingerprint density at radius 2 is 1.62 bits per heavy atom. The Labute approximate surface area is 121 Å². The van der Waals surface area contributed by atoms with E-state index in [1.165, 1.54) is 18.2 Å². The molecular formula is C16H16F3NO. The van der Waals surface area contributed by atoms with Crippen molar-refractivity contribution in [2.75, 3.05) is 7.05 Å². The van der Waals surface area contributed by atoms with Crippen LogP contribution < -0.4 is 10.1 Å². The molecule has 0 aromatic heterocycles. The highest BCUT2D eigenvalue weighted by atomic mass is 19.3. The number of aryl methyl sites for hydroxylation is 1. The fourth-order valence-electron chi connectivity index (χ4n) is 2.16. The molecule has 0 aliphatic heterocycles. The van der Waals surface area contributed by atoms with E-state index in [-0.39, 0.29) is 17.6 Å². The van der Waals surface area contributed by atoms with Gasteiger partial charge in [-0.15, -0.1) is 0 Å². The molecule has 21 heavy (non-hydrogen) atoms. The van der Waals surface area contributed by atoms with Crippen LogP contribution in [0.2, 0.25) is 0 Å². The van der Waals surface area contributed by atoms with E-state index in [0.717, 1.165) is 11.1 Å². The Morgan fingerprint density at radius 1 is 1.00 bits per heavy atom. The predicted molar refractivity (Wildman–Crippen MR) is 75.1 cm³/mol. The van der Waals surface area contributed by atoms with Gasteiger partial charge in [0, 0.05) is 0 Å². The Bertz CT molecular complexity index is 599. The summed E-state index contributed by atoms with van der Waals surface area (Å²) >= 11 is 0. The van der Waals surface area contributed by atoms with Crippen molar-refractivity contribution in [3.63, 3.8) is 0 Å². The second-order valence-corrected chi connectivity index (χ2v) is 4.68. The van der Waals surface area contributed by atoms with E-state index in [0.29, 0.717) is 5.56 Å². The minimum Gasteiger partial charge on any atom is -0.435 e. The van der Waals surface area contributed by atoms with Crippen LogP contribution in [0, 0.1) is 12.7 Å². The van der Waals surface area contributed by atoms with Crippen LogP contribution in [0.4, 0.5) is 13.2 Å². The highest BCUT2D eigenvalue weighted by Gasteiger charge is 2.14. The Balaban J connectivity index is 2.26. The van der Waals surface area contributed by atoms with Crippen molar-refractivity contribution in [1.29, 1.82) is 0 Å². The Kier molecular flexibility index (Phi) is 4.85. The van der Waals surface area contributed by atoms with Gasteiger partial charge in [0.25, 0.3) is 0 Å². The lowest BCUT2D eigenvalue weighted by atomic mass is 9.97. The Hall–Kier alpha value is -2.01. The third kappa shape index (κ3) is 3.76. The summed E-state index contributed by atoms with van der Waals surface area (Å²) in [4.78, 5) is 0. The Morgan fingerprint density at radius 3 is 2.14 bits per heavy atom. The number of hydrogen-bond acceptors (Lipinski definition) is 2. The summed E-state index contributed by atoms with van der Waals surface area (Å²) in [6.07, 6.45) is 0. The first-order valence-corrected chi connectivity index (χ1v) is 6.49. The summed E-state index contributed by atoms with van der Waals surface area (Å²) in [6, 6.07) is 11.1.